The number of rotatable bonds is 4. The molecule has 0 spiro atoms. The zero-order chi connectivity index (χ0) is 17.1. The van der Waals surface area contributed by atoms with Crippen molar-refractivity contribution in [1.29, 1.82) is 0 Å². The van der Waals surface area contributed by atoms with E-state index in [1.54, 1.807) is 0 Å². The average molecular weight is 391 g/mol. The molecule has 3 aromatic rings. The van der Waals surface area contributed by atoms with Crippen LogP contribution in [0.15, 0.2) is 51.4 Å². The predicted octanol–water partition coefficient (Wildman–Crippen LogP) is 3.27. The van der Waals surface area contributed by atoms with E-state index in [9.17, 15) is 15.0 Å². The number of aromatic nitrogens is 2. The highest BCUT2D eigenvalue weighted by atomic mass is 79.9. The average Bonchev–Trinajstić information content (AvgIpc) is 3.02. The van der Waals surface area contributed by atoms with E-state index in [2.05, 4.69) is 26.1 Å². The summed E-state index contributed by atoms with van der Waals surface area (Å²) in [4.78, 5) is 11.9. The third-order valence-corrected chi connectivity index (χ3v) is 3.79. The van der Waals surface area contributed by atoms with Gasteiger partial charge in [0.15, 0.2) is 6.61 Å². The van der Waals surface area contributed by atoms with Gasteiger partial charge >= 0.3 is 5.97 Å². The van der Waals surface area contributed by atoms with Gasteiger partial charge in [-0.3, -0.25) is 0 Å². The Hall–Kier alpha value is -2.87. The maximum atomic E-state index is 11.9. The van der Waals surface area contributed by atoms with E-state index in [-0.39, 0.29) is 29.6 Å². The van der Waals surface area contributed by atoms with E-state index in [1.165, 1.54) is 12.1 Å². The lowest BCUT2D eigenvalue weighted by atomic mass is 10.2. The van der Waals surface area contributed by atoms with Crippen molar-refractivity contribution in [2.24, 2.45) is 0 Å². The van der Waals surface area contributed by atoms with Crippen LogP contribution in [0.4, 0.5) is 0 Å². The summed E-state index contributed by atoms with van der Waals surface area (Å²) in [7, 11) is 0. The zero-order valence-corrected chi connectivity index (χ0v) is 13.7. The third kappa shape index (κ3) is 3.38. The highest BCUT2D eigenvalue weighted by molar-refractivity contribution is 9.10. The number of nitrogens with zero attached hydrogens (tertiary/aromatic N) is 2. The molecule has 0 unspecified atom stereocenters. The molecule has 122 valence electrons. The summed E-state index contributed by atoms with van der Waals surface area (Å²) in [5.74, 6) is -0.889. The molecule has 0 radical (unpaired) electrons. The molecular weight excluding hydrogens is 380 g/mol. The predicted molar refractivity (Wildman–Crippen MR) is 86.3 cm³/mol. The van der Waals surface area contributed by atoms with Gasteiger partial charge in [-0.05, 0) is 40.2 Å². The Labute approximate surface area is 144 Å². The molecule has 7 nitrogen and oxygen atoms in total. The van der Waals surface area contributed by atoms with Gasteiger partial charge in [0.2, 0.25) is 5.89 Å². The minimum atomic E-state index is -0.770. The molecule has 0 bridgehead atoms. The normalized spacial score (nSPS) is 10.5. The van der Waals surface area contributed by atoms with Crippen LogP contribution in [0.25, 0.3) is 11.5 Å². The number of carbonyl (C=O) groups excluding carboxylic acids is 1. The first-order valence-corrected chi connectivity index (χ1v) is 7.60. The molecule has 0 aliphatic carbocycles. The minimum Gasteiger partial charge on any atom is -0.508 e. The topological polar surface area (TPSA) is 106 Å². The summed E-state index contributed by atoms with van der Waals surface area (Å²) in [6, 6.07) is 10.9. The molecule has 0 saturated carbocycles. The summed E-state index contributed by atoms with van der Waals surface area (Å²) >= 11 is 3.39. The van der Waals surface area contributed by atoms with E-state index >= 15 is 0 Å². The second kappa shape index (κ2) is 6.71. The number of hydrogen-bond acceptors (Lipinski definition) is 7. The van der Waals surface area contributed by atoms with Crippen molar-refractivity contribution in [3.8, 4) is 23.0 Å². The third-order valence-electron chi connectivity index (χ3n) is 3.10. The second-order valence-electron chi connectivity index (χ2n) is 4.76. The van der Waals surface area contributed by atoms with Crippen LogP contribution >= 0.6 is 15.9 Å². The Morgan fingerprint density at radius 2 is 1.96 bits per heavy atom. The molecule has 0 aliphatic rings. The van der Waals surface area contributed by atoms with Gasteiger partial charge in [-0.15, -0.1) is 10.2 Å². The van der Waals surface area contributed by atoms with Crippen molar-refractivity contribution in [2.45, 2.75) is 6.61 Å². The largest absolute Gasteiger partial charge is 0.508 e. The van der Waals surface area contributed by atoms with Crippen molar-refractivity contribution >= 4 is 21.9 Å². The molecule has 0 amide bonds. The van der Waals surface area contributed by atoms with Crippen LogP contribution in [0.5, 0.6) is 11.5 Å². The number of ether oxygens (including phenoxy) is 1. The van der Waals surface area contributed by atoms with Crippen molar-refractivity contribution in [3.63, 3.8) is 0 Å². The van der Waals surface area contributed by atoms with E-state index < -0.39 is 5.97 Å². The molecule has 0 aliphatic heterocycles. The fourth-order valence-corrected chi connectivity index (χ4v) is 2.41. The van der Waals surface area contributed by atoms with Gasteiger partial charge in [-0.2, -0.15) is 0 Å². The molecule has 2 N–H and O–H groups in total. The van der Waals surface area contributed by atoms with Crippen LogP contribution in [0.2, 0.25) is 0 Å². The van der Waals surface area contributed by atoms with Crippen LogP contribution < -0.4 is 0 Å². The molecule has 3 rings (SSSR count). The monoisotopic (exact) mass is 390 g/mol. The van der Waals surface area contributed by atoms with Gasteiger partial charge < -0.3 is 19.4 Å². The smallest absolute Gasteiger partial charge is 0.342 e. The quantitative estimate of drug-likeness (QED) is 0.658. The molecule has 0 atom stereocenters. The number of phenolic OH excluding ortho intramolecular Hbond substituents is 2. The lowest BCUT2D eigenvalue weighted by Crippen LogP contribution is -2.05. The first kappa shape index (κ1) is 16.0. The first-order chi connectivity index (χ1) is 11.5. The Morgan fingerprint density at radius 3 is 2.71 bits per heavy atom. The number of carbonyl (C=O) groups is 1. The molecule has 0 fully saturated rings. The fourth-order valence-electron chi connectivity index (χ4n) is 1.95. The number of halogens is 1. The van der Waals surface area contributed by atoms with Gasteiger partial charge in [0, 0.05) is 10.5 Å². The van der Waals surface area contributed by atoms with Crippen LogP contribution in [-0.2, 0) is 11.3 Å². The SMILES string of the molecule is O=C(OCc1nnc(-c2ccccc2Br)o1)c1ccc(O)cc1O. The van der Waals surface area contributed by atoms with E-state index in [0.717, 1.165) is 16.1 Å². The minimum absolute atomic E-state index is 0.0710. The maximum absolute atomic E-state index is 11.9. The summed E-state index contributed by atoms with van der Waals surface area (Å²) < 4.78 is 11.3. The van der Waals surface area contributed by atoms with Crippen LogP contribution in [-0.4, -0.2) is 26.4 Å². The van der Waals surface area contributed by atoms with Gasteiger partial charge in [-0.25, -0.2) is 4.79 Å². The van der Waals surface area contributed by atoms with Gasteiger partial charge in [0.05, 0.1) is 5.56 Å². The van der Waals surface area contributed by atoms with E-state index in [1.807, 2.05) is 24.3 Å². The zero-order valence-electron chi connectivity index (χ0n) is 12.1. The van der Waals surface area contributed by atoms with E-state index in [4.69, 9.17) is 9.15 Å². The number of benzene rings is 2. The number of aromatic hydroxyl groups is 2. The Bertz CT molecular complexity index is 894. The lowest BCUT2D eigenvalue weighted by molar-refractivity contribution is 0.0435. The lowest BCUT2D eigenvalue weighted by Gasteiger charge is -2.04. The van der Waals surface area contributed by atoms with Crippen LogP contribution in [0.3, 0.4) is 0 Å². The van der Waals surface area contributed by atoms with Crippen molar-refractivity contribution in [1.82, 2.24) is 10.2 Å². The highest BCUT2D eigenvalue weighted by Gasteiger charge is 2.16. The fraction of sp³-hybridized carbons (Fsp3) is 0.0625. The Kier molecular flexibility index (Phi) is 4.48. The van der Waals surface area contributed by atoms with Crippen molar-refractivity contribution < 1.29 is 24.2 Å². The Morgan fingerprint density at radius 1 is 1.17 bits per heavy atom. The van der Waals surface area contributed by atoms with Gasteiger partial charge in [0.1, 0.15) is 17.1 Å². The summed E-state index contributed by atoms with van der Waals surface area (Å²) in [6.07, 6.45) is 0. The summed E-state index contributed by atoms with van der Waals surface area (Å²) in [6.45, 7) is -0.239. The molecular formula is C16H11BrN2O5. The number of esters is 1. The highest BCUT2D eigenvalue weighted by Crippen LogP contribution is 2.27. The standard InChI is InChI=1S/C16H11BrN2O5/c17-12-4-2-1-3-10(12)15-19-18-14(24-15)8-23-16(22)11-6-5-9(20)7-13(11)21/h1-7,20-21H,8H2. The summed E-state index contributed by atoms with van der Waals surface area (Å²) in [5, 5.41) is 26.6. The Balaban J connectivity index is 1.69. The van der Waals surface area contributed by atoms with Crippen LogP contribution in [0.1, 0.15) is 16.2 Å². The van der Waals surface area contributed by atoms with E-state index in [0.29, 0.717) is 5.89 Å². The molecule has 8 heteroatoms. The van der Waals surface area contributed by atoms with Gasteiger partial charge in [0.25, 0.3) is 5.89 Å². The van der Waals surface area contributed by atoms with Gasteiger partial charge in [-0.1, -0.05) is 12.1 Å². The molecule has 1 heterocycles. The number of hydrogen-bond donors (Lipinski definition) is 2. The van der Waals surface area contributed by atoms with Crippen molar-refractivity contribution in [2.75, 3.05) is 0 Å². The first-order valence-electron chi connectivity index (χ1n) is 6.81. The number of phenols is 2. The van der Waals surface area contributed by atoms with Crippen molar-refractivity contribution in [3.05, 3.63) is 58.4 Å². The van der Waals surface area contributed by atoms with Crippen LogP contribution in [0, 0.1) is 0 Å². The molecule has 0 saturated heterocycles. The summed E-state index contributed by atoms with van der Waals surface area (Å²) in [5.41, 5.74) is 0.650. The molecule has 24 heavy (non-hydrogen) atoms. The maximum Gasteiger partial charge on any atom is 0.342 e. The second-order valence-corrected chi connectivity index (χ2v) is 5.61. The molecule has 1 aromatic heterocycles. The molecule has 2 aromatic carbocycles.